The number of aromatic nitrogens is 3. The molecular formula is C18H27N7O. The van der Waals surface area contributed by atoms with Crippen molar-refractivity contribution in [1.82, 2.24) is 19.9 Å². The van der Waals surface area contributed by atoms with Gasteiger partial charge in [0, 0.05) is 25.3 Å². The van der Waals surface area contributed by atoms with Crippen LogP contribution in [0.5, 0.6) is 5.75 Å². The summed E-state index contributed by atoms with van der Waals surface area (Å²) in [5, 5.41) is 9.68. The fourth-order valence-corrected chi connectivity index (χ4v) is 2.88. The molecule has 1 aromatic carbocycles. The summed E-state index contributed by atoms with van der Waals surface area (Å²) in [6.45, 7) is 6.96. The highest BCUT2D eigenvalue weighted by Crippen LogP contribution is 2.19. The number of hydrogen-bond acceptors (Lipinski definition) is 8. The zero-order valence-corrected chi connectivity index (χ0v) is 15.5. The van der Waals surface area contributed by atoms with E-state index in [1.165, 1.54) is 25.9 Å². The Bertz CT molecular complexity index is 686. The molecule has 2 aromatic rings. The summed E-state index contributed by atoms with van der Waals surface area (Å²) in [5.74, 6) is 2.45. The molecule has 0 unspecified atom stereocenters. The van der Waals surface area contributed by atoms with Gasteiger partial charge in [-0.25, -0.2) is 0 Å². The van der Waals surface area contributed by atoms with Crippen LogP contribution in [0.25, 0.3) is 0 Å². The van der Waals surface area contributed by atoms with Crippen LogP contribution in [0.15, 0.2) is 24.3 Å². The maximum atomic E-state index is 5.18. The first-order chi connectivity index (χ1) is 12.8. The third kappa shape index (κ3) is 5.19. The van der Waals surface area contributed by atoms with E-state index in [1.54, 1.807) is 7.11 Å². The van der Waals surface area contributed by atoms with Gasteiger partial charge in [-0.3, -0.25) is 0 Å². The van der Waals surface area contributed by atoms with E-state index in [2.05, 4.69) is 35.8 Å². The van der Waals surface area contributed by atoms with E-state index in [0.29, 0.717) is 17.8 Å². The summed E-state index contributed by atoms with van der Waals surface area (Å²) in [4.78, 5) is 15.8. The Balaban J connectivity index is 1.65. The third-order valence-corrected chi connectivity index (χ3v) is 4.23. The Kier molecular flexibility index (Phi) is 6.43. The fraction of sp³-hybridized carbons (Fsp3) is 0.500. The van der Waals surface area contributed by atoms with Gasteiger partial charge in [0.1, 0.15) is 5.75 Å². The van der Waals surface area contributed by atoms with Gasteiger partial charge >= 0.3 is 0 Å². The zero-order chi connectivity index (χ0) is 18.2. The minimum absolute atomic E-state index is 0.504. The second-order valence-corrected chi connectivity index (χ2v) is 6.17. The summed E-state index contributed by atoms with van der Waals surface area (Å²) in [6.07, 6.45) is 2.60. The first-order valence-electron chi connectivity index (χ1n) is 9.14. The van der Waals surface area contributed by atoms with Crippen molar-refractivity contribution in [1.29, 1.82) is 0 Å². The molecular weight excluding hydrogens is 330 g/mol. The molecule has 0 aliphatic carbocycles. The van der Waals surface area contributed by atoms with Crippen LogP contribution in [0.3, 0.4) is 0 Å². The lowest BCUT2D eigenvalue weighted by molar-refractivity contribution is 0.352. The van der Waals surface area contributed by atoms with Gasteiger partial charge in [-0.2, -0.15) is 15.0 Å². The van der Waals surface area contributed by atoms with Gasteiger partial charge in [0.05, 0.1) is 7.11 Å². The predicted molar refractivity (Wildman–Crippen MR) is 104 cm³/mol. The summed E-state index contributed by atoms with van der Waals surface area (Å²) in [7, 11) is 1.65. The maximum absolute atomic E-state index is 5.18. The molecule has 0 amide bonds. The number of hydrogen-bond donors (Lipinski definition) is 3. The molecule has 3 rings (SSSR count). The maximum Gasteiger partial charge on any atom is 0.233 e. The van der Waals surface area contributed by atoms with E-state index in [4.69, 9.17) is 4.74 Å². The van der Waals surface area contributed by atoms with Gasteiger partial charge < -0.3 is 25.6 Å². The van der Waals surface area contributed by atoms with Gasteiger partial charge in [-0.05, 0) is 57.1 Å². The van der Waals surface area contributed by atoms with Crippen molar-refractivity contribution in [3.63, 3.8) is 0 Å². The van der Waals surface area contributed by atoms with E-state index >= 15 is 0 Å². The van der Waals surface area contributed by atoms with Crippen LogP contribution < -0.4 is 20.7 Å². The number of nitrogens with one attached hydrogen (secondary N) is 3. The molecule has 0 saturated carbocycles. The molecule has 1 fully saturated rings. The summed E-state index contributed by atoms with van der Waals surface area (Å²) in [6, 6.07) is 7.64. The van der Waals surface area contributed by atoms with Crippen molar-refractivity contribution >= 4 is 23.5 Å². The van der Waals surface area contributed by atoms with E-state index in [9.17, 15) is 0 Å². The molecule has 1 aliphatic rings. The Labute approximate surface area is 154 Å². The average molecular weight is 357 g/mol. The molecule has 140 valence electrons. The summed E-state index contributed by atoms with van der Waals surface area (Å²) < 4.78 is 5.18. The van der Waals surface area contributed by atoms with E-state index in [0.717, 1.165) is 31.1 Å². The molecule has 1 aliphatic heterocycles. The molecule has 26 heavy (non-hydrogen) atoms. The second-order valence-electron chi connectivity index (χ2n) is 6.17. The first kappa shape index (κ1) is 18.2. The Hall–Kier alpha value is -2.61. The lowest BCUT2D eigenvalue weighted by atomic mass is 10.3. The monoisotopic (exact) mass is 357 g/mol. The minimum Gasteiger partial charge on any atom is -0.497 e. The lowest BCUT2D eigenvalue weighted by Crippen LogP contribution is -2.26. The standard InChI is InChI=1S/C18H27N7O/c1-3-19-16-22-17(20-10-13-25-11-4-5-12-25)24-18(23-16)21-14-6-8-15(26-2)9-7-14/h6-9H,3-5,10-13H2,1-2H3,(H3,19,20,21,22,23,24). The smallest absolute Gasteiger partial charge is 0.233 e. The molecule has 0 atom stereocenters. The van der Waals surface area contributed by atoms with Crippen LogP contribution in [-0.4, -0.2) is 59.7 Å². The van der Waals surface area contributed by atoms with Gasteiger partial charge in [-0.1, -0.05) is 0 Å². The molecule has 8 nitrogen and oxygen atoms in total. The van der Waals surface area contributed by atoms with Crippen LogP contribution in [0, 0.1) is 0 Å². The van der Waals surface area contributed by atoms with Crippen LogP contribution in [0.4, 0.5) is 23.5 Å². The molecule has 1 aromatic heterocycles. The molecule has 8 heteroatoms. The van der Waals surface area contributed by atoms with E-state index in [-0.39, 0.29) is 0 Å². The summed E-state index contributed by atoms with van der Waals surface area (Å²) >= 11 is 0. The van der Waals surface area contributed by atoms with Gasteiger partial charge in [-0.15, -0.1) is 0 Å². The first-order valence-corrected chi connectivity index (χ1v) is 9.14. The van der Waals surface area contributed by atoms with Crippen molar-refractivity contribution in [2.45, 2.75) is 19.8 Å². The van der Waals surface area contributed by atoms with Crippen molar-refractivity contribution in [3.05, 3.63) is 24.3 Å². The molecule has 3 N–H and O–H groups in total. The van der Waals surface area contributed by atoms with Crippen molar-refractivity contribution in [2.24, 2.45) is 0 Å². The van der Waals surface area contributed by atoms with Crippen LogP contribution >= 0.6 is 0 Å². The Morgan fingerprint density at radius 2 is 1.62 bits per heavy atom. The number of anilines is 4. The Morgan fingerprint density at radius 1 is 0.962 bits per heavy atom. The number of ether oxygens (including phenoxy) is 1. The molecule has 0 bridgehead atoms. The number of likely N-dealkylation sites (tertiary alicyclic amines) is 1. The van der Waals surface area contributed by atoms with E-state index < -0.39 is 0 Å². The normalized spacial score (nSPS) is 14.2. The highest BCUT2D eigenvalue weighted by Gasteiger charge is 2.11. The Morgan fingerprint density at radius 3 is 2.27 bits per heavy atom. The SMILES string of the molecule is CCNc1nc(NCCN2CCCC2)nc(Nc2ccc(OC)cc2)n1. The average Bonchev–Trinajstić information content (AvgIpc) is 3.16. The third-order valence-electron chi connectivity index (χ3n) is 4.23. The summed E-state index contributed by atoms with van der Waals surface area (Å²) in [5.41, 5.74) is 0.891. The van der Waals surface area contributed by atoms with E-state index in [1.807, 2.05) is 31.2 Å². The minimum atomic E-state index is 0.504. The zero-order valence-electron chi connectivity index (χ0n) is 15.5. The van der Waals surface area contributed by atoms with Crippen molar-refractivity contribution in [2.75, 3.05) is 55.8 Å². The highest BCUT2D eigenvalue weighted by atomic mass is 16.5. The highest BCUT2D eigenvalue weighted by molar-refractivity contribution is 5.56. The molecule has 0 spiro atoms. The molecule has 1 saturated heterocycles. The number of nitrogens with zero attached hydrogens (tertiary/aromatic N) is 4. The lowest BCUT2D eigenvalue weighted by Gasteiger charge is -2.15. The predicted octanol–water partition coefficient (Wildman–Crippen LogP) is 2.56. The quantitative estimate of drug-likeness (QED) is 0.631. The fourth-order valence-electron chi connectivity index (χ4n) is 2.88. The van der Waals surface area contributed by atoms with Crippen LogP contribution in [-0.2, 0) is 0 Å². The van der Waals surface area contributed by atoms with Gasteiger partial charge in [0.2, 0.25) is 17.8 Å². The largest absolute Gasteiger partial charge is 0.497 e. The number of rotatable bonds is 9. The van der Waals surface area contributed by atoms with Gasteiger partial charge in [0.15, 0.2) is 0 Å². The van der Waals surface area contributed by atoms with Crippen LogP contribution in [0.1, 0.15) is 19.8 Å². The molecule has 0 radical (unpaired) electrons. The van der Waals surface area contributed by atoms with Crippen molar-refractivity contribution < 1.29 is 4.74 Å². The van der Waals surface area contributed by atoms with Gasteiger partial charge in [0.25, 0.3) is 0 Å². The van der Waals surface area contributed by atoms with Crippen molar-refractivity contribution in [3.8, 4) is 5.75 Å². The number of methoxy groups -OCH3 is 1. The topological polar surface area (TPSA) is 87.2 Å². The molecule has 2 heterocycles. The number of benzene rings is 1. The van der Waals surface area contributed by atoms with Crippen LogP contribution in [0.2, 0.25) is 0 Å². The second kappa shape index (κ2) is 9.19.